The summed E-state index contributed by atoms with van der Waals surface area (Å²) in [6, 6.07) is 0.629. The quantitative estimate of drug-likeness (QED) is 0.440. The molecule has 122 valence electrons. The van der Waals surface area contributed by atoms with E-state index in [0.29, 0.717) is 45.7 Å². The van der Waals surface area contributed by atoms with Gasteiger partial charge in [-0.15, -0.1) is 0 Å². The van der Waals surface area contributed by atoms with Crippen LogP contribution in [-0.2, 0) is 18.9 Å². The van der Waals surface area contributed by atoms with Crippen LogP contribution in [0, 0.1) is 0 Å². The molecule has 0 bridgehead atoms. The molecule has 5 nitrogen and oxygen atoms in total. The van der Waals surface area contributed by atoms with Crippen molar-refractivity contribution in [2.75, 3.05) is 59.9 Å². The van der Waals surface area contributed by atoms with Crippen molar-refractivity contribution in [2.45, 2.75) is 39.2 Å². The third kappa shape index (κ3) is 14.2. The summed E-state index contributed by atoms with van der Waals surface area (Å²) in [6.45, 7) is 10.0. The van der Waals surface area contributed by atoms with Gasteiger partial charge in [-0.1, -0.05) is 13.8 Å². The first kappa shape index (κ1) is 19.8. The van der Waals surface area contributed by atoms with Crippen molar-refractivity contribution in [1.82, 2.24) is 5.32 Å². The number of methoxy groups -OCH3 is 1. The molecule has 0 fully saturated rings. The van der Waals surface area contributed by atoms with Crippen molar-refractivity contribution in [1.29, 1.82) is 0 Å². The van der Waals surface area contributed by atoms with Crippen molar-refractivity contribution in [3.05, 3.63) is 0 Å². The number of ether oxygens (including phenoxy) is 4. The normalized spacial score (nSPS) is 12.8. The number of nitrogens with one attached hydrogen (secondary N) is 1. The Bertz CT molecular complexity index is 181. The highest BCUT2D eigenvalue weighted by atomic mass is 16.6. The fourth-order valence-electron chi connectivity index (χ4n) is 1.86. The molecule has 20 heavy (non-hydrogen) atoms. The molecule has 0 amide bonds. The van der Waals surface area contributed by atoms with E-state index >= 15 is 0 Å². The Morgan fingerprint density at radius 3 is 1.85 bits per heavy atom. The summed E-state index contributed by atoms with van der Waals surface area (Å²) in [5.41, 5.74) is 0. The summed E-state index contributed by atoms with van der Waals surface area (Å²) in [5, 5.41) is 3.47. The lowest BCUT2D eigenvalue weighted by atomic mass is 10.1. The molecule has 0 aliphatic rings. The molecule has 0 aliphatic carbocycles. The molecule has 0 spiro atoms. The van der Waals surface area contributed by atoms with E-state index in [-0.39, 0.29) is 0 Å². The number of rotatable bonds is 16. The maximum atomic E-state index is 5.54. The van der Waals surface area contributed by atoms with Gasteiger partial charge in [-0.3, -0.25) is 0 Å². The average molecular weight is 291 g/mol. The van der Waals surface area contributed by atoms with Gasteiger partial charge < -0.3 is 24.3 Å². The predicted molar refractivity (Wildman–Crippen MR) is 81.3 cm³/mol. The van der Waals surface area contributed by atoms with Crippen molar-refractivity contribution < 1.29 is 18.9 Å². The molecule has 0 rings (SSSR count). The van der Waals surface area contributed by atoms with Gasteiger partial charge in [0.2, 0.25) is 0 Å². The van der Waals surface area contributed by atoms with Crippen LogP contribution in [-0.4, -0.2) is 65.9 Å². The van der Waals surface area contributed by atoms with E-state index < -0.39 is 0 Å². The molecule has 0 radical (unpaired) electrons. The summed E-state index contributed by atoms with van der Waals surface area (Å²) in [6.07, 6.45) is 3.46. The van der Waals surface area contributed by atoms with E-state index in [1.165, 1.54) is 12.8 Å². The van der Waals surface area contributed by atoms with Gasteiger partial charge in [0, 0.05) is 19.8 Å². The minimum absolute atomic E-state index is 0.615. The van der Waals surface area contributed by atoms with Gasteiger partial charge in [-0.25, -0.2) is 0 Å². The zero-order valence-corrected chi connectivity index (χ0v) is 13.5. The van der Waals surface area contributed by atoms with Crippen LogP contribution in [0.5, 0.6) is 0 Å². The third-order valence-electron chi connectivity index (χ3n) is 3.00. The molecule has 0 heterocycles. The first-order chi connectivity index (χ1) is 9.85. The summed E-state index contributed by atoms with van der Waals surface area (Å²) in [4.78, 5) is 0. The Morgan fingerprint density at radius 2 is 1.35 bits per heavy atom. The molecule has 0 saturated carbocycles. The van der Waals surface area contributed by atoms with Gasteiger partial charge in [-0.2, -0.15) is 0 Å². The number of hydrogen-bond acceptors (Lipinski definition) is 5. The Kier molecular flexibility index (Phi) is 16.7. The molecule has 0 aromatic heterocycles. The molecule has 0 aromatic rings. The lowest BCUT2D eigenvalue weighted by Gasteiger charge is -2.15. The third-order valence-corrected chi connectivity index (χ3v) is 3.00. The van der Waals surface area contributed by atoms with E-state index in [9.17, 15) is 0 Å². The maximum absolute atomic E-state index is 5.54. The van der Waals surface area contributed by atoms with Gasteiger partial charge in [0.25, 0.3) is 0 Å². The van der Waals surface area contributed by atoms with E-state index in [1.807, 2.05) is 0 Å². The van der Waals surface area contributed by atoms with Crippen LogP contribution in [0.15, 0.2) is 0 Å². The van der Waals surface area contributed by atoms with Crippen molar-refractivity contribution in [3.8, 4) is 0 Å². The summed E-state index contributed by atoms with van der Waals surface area (Å²) in [5.74, 6) is 0. The molecule has 0 aliphatic heterocycles. The second-order valence-corrected chi connectivity index (χ2v) is 4.63. The van der Waals surface area contributed by atoms with E-state index in [0.717, 1.165) is 19.6 Å². The lowest BCUT2D eigenvalue weighted by Crippen LogP contribution is -2.28. The van der Waals surface area contributed by atoms with Crippen LogP contribution >= 0.6 is 0 Å². The molecule has 1 N–H and O–H groups in total. The predicted octanol–water partition coefficient (Wildman–Crippen LogP) is 1.85. The average Bonchev–Trinajstić information content (AvgIpc) is 2.47. The van der Waals surface area contributed by atoms with Crippen LogP contribution in [0.1, 0.15) is 33.1 Å². The Morgan fingerprint density at radius 1 is 0.800 bits per heavy atom. The van der Waals surface area contributed by atoms with Crippen LogP contribution in [0.25, 0.3) is 0 Å². The standard InChI is InChI=1S/C15H33NO4/c1-4-15(16-5-2)7-6-8-18-11-12-20-14-13-19-10-9-17-3/h15-16H,4-14H2,1-3H3. The van der Waals surface area contributed by atoms with Gasteiger partial charge >= 0.3 is 0 Å². The SMILES string of the molecule is CCNC(CC)CCCOCCOCCOCCOC. The fraction of sp³-hybridized carbons (Fsp3) is 1.00. The molecule has 0 saturated heterocycles. The summed E-state index contributed by atoms with van der Waals surface area (Å²) in [7, 11) is 1.66. The van der Waals surface area contributed by atoms with Crippen molar-refractivity contribution >= 4 is 0 Å². The Labute approximate surface area is 124 Å². The van der Waals surface area contributed by atoms with Crippen molar-refractivity contribution in [2.24, 2.45) is 0 Å². The molecule has 0 aromatic carbocycles. The van der Waals surface area contributed by atoms with Gasteiger partial charge in [0.15, 0.2) is 0 Å². The fourth-order valence-corrected chi connectivity index (χ4v) is 1.86. The van der Waals surface area contributed by atoms with Gasteiger partial charge in [0.05, 0.1) is 39.6 Å². The van der Waals surface area contributed by atoms with Gasteiger partial charge in [0.1, 0.15) is 0 Å². The largest absolute Gasteiger partial charge is 0.382 e. The molecular weight excluding hydrogens is 258 g/mol. The second kappa shape index (κ2) is 16.9. The molecular formula is C15H33NO4. The first-order valence-electron chi connectivity index (χ1n) is 7.80. The van der Waals surface area contributed by atoms with Crippen LogP contribution in [0.4, 0.5) is 0 Å². The molecule has 1 unspecified atom stereocenters. The second-order valence-electron chi connectivity index (χ2n) is 4.63. The highest BCUT2D eigenvalue weighted by Gasteiger charge is 2.03. The monoisotopic (exact) mass is 291 g/mol. The maximum Gasteiger partial charge on any atom is 0.0701 e. The van der Waals surface area contributed by atoms with Gasteiger partial charge in [-0.05, 0) is 25.8 Å². The van der Waals surface area contributed by atoms with E-state index in [4.69, 9.17) is 18.9 Å². The Hall–Kier alpha value is -0.200. The topological polar surface area (TPSA) is 49.0 Å². The molecule has 1 atom stereocenters. The zero-order valence-electron chi connectivity index (χ0n) is 13.5. The van der Waals surface area contributed by atoms with Crippen LogP contribution in [0.2, 0.25) is 0 Å². The smallest absolute Gasteiger partial charge is 0.0701 e. The summed E-state index contributed by atoms with van der Waals surface area (Å²) < 4.78 is 21.1. The highest BCUT2D eigenvalue weighted by molar-refractivity contribution is 4.63. The number of hydrogen-bond donors (Lipinski definition) is 1. The van der Waals surface area contributed by atoms with Crippen LogP contribution < -0.4 is 5.32 Å². The lowest BCUT2D eigenvalue weighted by molar-refractivity contribution is 0.00308. The Balaban J connectivity index is 3.09. The van der Waals surface area contributed by atoms with Crippen LogP contribution in [0.3, 0.4) is 0 Å². The first-order valence-corrected chi connectivity index (χ1v) is 7.80. The minimum Gasteiger partial charge on any atom is -0.382 e. The van der Waals surface area contributed by atoms with E-state index in [1.54, 1.807) is 7.11 Å². The molecule has 5 heteroatoms. The van der Waals surface area contributed by atoms with E-state index in [2.05, 4.69) is 19.2 Å². The van der Waals surface area contributed by atoms with Crippen molar-refractivity contribution in [3.63, 3.8) is 0 Å². The zero-order chi connectivity index (χ0) is 14.9. The highest BCUT2D eigenvalue weighted by Crippen LogP contribution is 2.01. The minimum atomic E-state index is 0.615. The summed E-state index contributed by atoms with van der Waals surface area (Å²) >= 11 is 0.